The summed E-state index contributed by atoms with van der Waals surface area (Å²) >= 11 is 0. The van der Waals surface area contributed by atoms with Crippen LogP contribution in [0.1, 0.15) is 5.56 Å². The summed E-state index contributed by atoms with van der Waals surface area (Å²) in [6, 6.07) is 23.0. The molecule has 74 valence electrons. The molecule has 0 bridgehead atoms. The predicted molar refractivity (Wildman–Crippen MR) is 65.4 cm³/mol. The maximum Gasteiger partial charge on any atom is -0.0155 e. The monoisotopic (exact) mass is 194 g/mol. The highest BCUT2D eigenvalue weighted by Gasteiger charge is 1.96. The average molecular weight is 194 g/mol. The van der Waals surface area contributed by atoms with Gasteiger partial charge in [-0.25, -0.2) is 0 Å². The largest absolute Gasteiger partial charge is 0.0622 e. The van der Waals surface area contributed by atoms with Gasteiger partial charge in [0.25, 0.3) is 0 Å². The quantitative estimate of drug-likeness (QED) is 0.589. The summed E-state index contributed by atoms with van der Waals surface area (Å²) in [5, 5.41) is 0. The van der Waals surface area contributed by atoms with Crippen molar-refractivity contribution in [2.24, 2.45) is 0 Å². The van der Waals surface area contributed by atoms with E-state index in [2.05, 4.69) is 61.5 Å². The van der Waals surface area contributed by atoms with Crippen molar-refractivity contribution in [1.82, 2.24) is 0 Å². The second kappa shape index (κ2) is 4.61. The molecule has 0 aliphatic heterocycles. The lowest BCUT2D eigenvalue weighted by Crippen LogP contribution is -1.79. The zero-order valence-corrected chi connectivity index (χ0v) is 8.85. The number of rotatable bonds is 0. The minimum Gasteiger partial charge on any atom is -0.0622 e. The average Bonchev–Trinajstić information content (AvgIpc) is 2.18. The van der Waals surface area contributed by atoms with Crippen molar-refractivity contribution < 1.29 is 0 Å². The summed E-state index contributed by atoms with van der Waals surface area (Å²) in [4.78, 5) is 0. The topological polar surface area (TPSA) is 0 Å². The molecular weight excluding hydrogens is 180 g/mol. The van der Waals surface area contributed by atoms with Gasteiger partial charge in [0.15, 0.2) is 0 Å². The molecule has 0 fully saturated rings. The third kappa shape index (κ3) is 2.35. The summed E-state index contributed by atoms with van der Waals surface area (Å²) in [5.74, 6) is 0. The van der Waals surface area contributed by atoms with E-state index in [4.69, 9.17) is 0 Å². The molecule has 0 atom stereocenters. The Labute approximate surface area is 90.9 Å². The third-order valence-corrected chi connectivity index (χ3v) is 2.45. The molecule has 2 aliphatic rings. The van der Waals surface area contributed by atoms with Gasteiger partial charge >= 0.3 is 0 Å². The van der Waals surface area contributed by atoms with E-state index in [9.17, 15) is 0 Å². The van der Waals surface area contributed by atoms with Gasteiger partial charge in [0.2, 0.25) is 0 Å². The van der Waals surface area contributed by atoms with Crippen LogP contribution < -0.4 is 0 Å². The van der Waals surface area contributed by atoms with E-state index < -0.39 is 0 Å². The lowest BCUT2D eigenvalue weighted by Gasteiger charge is -2.02. The Morgan fingerprint density at radius 1 is 0.600 bits per heavy atom. The van der Waals surface area contributed by atoms with Gasteiger partial charge in [-0.2, -0.15) is 0 Å². The van der Waals surface area contributed by atoms with Gasteiger partial charge in [-0.05, 0) is 23.6 Å². The van der Waals surface area contributed by atoms with Crippen LogP contribution in [0.15, 0.2) is 66.7 Å². The van der Waals surface area contributed by atoms with Crippen LogP contribution in [0, 0.1) is 6.92 Å². The van der Waals surface area contributed by atoms with Gasteiger partial charge in [0.05, 0.1) is 0 Å². The molecule has 0 aromatic carbocycles. The van der Waals surface area contributed by atoms with Gasteiger partial charge in [-0.15, -0.1) is 0 Å². The zero-order valence-electron chi connectivity index (χ0n) is 8.85. The van der Waals surface area contributed by atoms with Crippen molar-refractivity contribution in [3.05, 3.63) is 72.3 Å². The molecule has 0 saturated heterocycles. The summed E-state index contributed by atoms with van der Waals surface area (Å²) in [5.41, 5.74) is 3.84. The number of fused-ring (bicyclic) bond motifs is 1. The van der Waals surface area contributed by atoms with Crippen LogP contribution in [0.4, 0.5) is 0 Å². The summed E-state index contributed by atoms with van der Waals surface area (Å²) in [6.07, 6.45) is 0. The van der Waals surface area contributed by atoms with E-state index in [0.29, 0.717) is 0 Å². The minimum absolute atomic E-state index is 1.26. The van der Waals surface area contributed by atoms with Crippen LogP contribution in [0.5, 0.6) is 0 Å². The molecule has 0 unspecified atom stereocenters. The highest BCUT2D eigenvalue weighted by atomic mass is 14.0. The third-order valence-electron chi connectivity index (χ3n) is 2.45. The molecule has 0 aromatic rings. The predicted octanol–water partition coefficient (Wildman–Crippen LogP) is 4.22. The Hall–Kier alpha value is -1.82. The molecule has 2 aliphatic carbocycles. The molecule has 0 heteroatoms. The van der Waals surface area contributed by atoms with Crippen LogP contribution in [0.3, 0.4) is 0 Å². The Kier molecular flexibility index (Phi) is 2.99. The highest BCUT2D eigenvalue weighted by molar-refractivity contribution is 5.65. The molecule has 0 nitrogen and oxygen atoms in total. The van der Waals surface area contributed by atoms with E-state index in [-0.39, 0.29) is 0 Å². The van der Waals surface area contributed by atoms with Crippen LogP contribution in [0.2, 0.25) is 0 Å². The van der Waals surface area contributed by atoms with Gasteiger partial charge < -0.3 is 0 Å². The molecule has 0 heterocycles. The Morgan fingerprint density at radius 3 is 1.87 bits per heavy atom. The van der Waals surface area contributed by atoms with Crippen molar-refractivity contribution in [2.45, 2.75) is 6.92 Å². The molecule has 0 amide bonds. The van der Waals surface area contributed by atoms with Crippen molar-refractivity contribution in [3.63, 3.8) is 0 Å². The van der Waals surface area contributed by atoms with Crippen molar-refractivity contribution >= 4 is 0 Å². The smallest absolute Gasteiger partial charge is 0.0155 e. The van der Waals surface area contributed by atoms with Gasteiger partial charge in [-0.1, -0.05) is 66.7 Å². The Bertz CT molecular complexity index is 466. The number of hydrogen-bond donors (Lipinski definition) is 0. The molecule has 2 rings (SSSR count). The lowest BCUT2D eigenvalue weighted by molar-refractivity contribution is 1.47. The lowest BCUT2D eigenvalue weighted by atomic mass is 10.0. The molecule has 0 spiro atoms. The first-order chi connectivity index (χ1) is 7.38. The minimum atomic E-state index is 1.26. The molecule has 0 N–H and O–H groups in total. The van der Waals surface area contributed by atoms with Crippen molar-refractivity contribution in [3.8, 4) is 11.1 Å². The zero-order chi connectivity index (χ0) is 10.5. The van der Waals surface area contributed by atoms with Crippen molar-refractivity contribution in [2.75, 3.05) is 0 Å². The van der Waals surface area contributed by atoms with Crippen LogP contribution >= 0.6 is 0 Å². The van der Waals surface area contributed by atoms with Crippen LogP contribution in [-0.4, -0.2) is 0 Å². The fourth-order valence-electron chi connectivity index (χ4n) is 1.64. The first-order valence-corrected chi connectivity index (χ1v) is 5.15. The maximum atomic E-state index is 2.16. The summed E-state index contributed by atoms with van der Waals surface area (Å²) in [6.45, 7) is 2.14. The first-order valence-electron chi connectivity index (χ1n) is 5.15. The Morgan fingerprint density at radius 2 is 1.13 bits per heavy atom. The maximum absolute atomic E-state index is 2.16. The van der Waals surface area contributed by atoms with Crippen LogP contribution in [-0.2, 0) is 0 Å². The Balaban J connectivity index is 2.80. The standard InChI is InChI=1S/C15H14/c1-13-9-5-4-7-11-14-10-6-2-3-8-12-15(13)14/h2-12H,1H3. The molecule has 15 heavy (non-hydrogen) atoms. The number of aryl methyl sites for hydroxylation is 1. The summed E-state index contributed by atoms with van der Waals surface area (Å²) < 4.78 is 0. The van der Waals surface area contributed by atoms with E-state index in [0.717, 1.165) is 0 Å². The second-order valence-electron chi connectivity index (χ2n) is 3.57. The molecule has 0 aromatic heterocycles. The van der Waals surface area contributed by atoms with E-state index in [1.807, 2.05) is 12.1 Å². The second-order valence-corrected chi connectivity index (χ2v) is 3.57. The van der Waals surface area contributed by atoms with Gasteiger partial charge in [0.1, 0.15) is 0 Å². The molecular formula is C15H14. The van der Waals surface area contributed by atoms with E-state index >= 15 is 0 Å². The van der Waals surface area contributed by atoms with Gasteiger partial charge in [0, 0.05) is 0 Å². The van der Waals surface area contributed by atoms with Crippen LogP contribution in [0.25, 0.3) is 11.1 Å². The van der Waals surface area contributed by atoms with E-state index in [1.54, 1.807) is 0 Å². The normalized spacial score (nSPS) is 9.67. The first kappa shape index (κ1) is 9.72. The van der Waals surface area contributed by atoms with Gasteiger partial charge in [-0.3, -0.25) is 0 Å². The fraction of sp³-hybridized carbons (Fsp3) is 0.0667. The van der Waals surface area contributed by atoms with Crippen molar-refractivity contribution in [1.29, 1.82) is 0 Å². The number of hydrogen-bond acceptors (Lipinski definition) is 0. The fourth-order valence-corrected chi connectivity index (χ4v) is 1.64. The highest BCUT2D eigenvalue weighted by Crippen LogP contribution is 2.20. The molecule has 0 saturated carbocycles. The summed E-state index contributed by atoms with van der Waals surface area (Å²) in [7, 11) is 0. The molecule has 0 radical (unpaired) electrons. The SMILES string of the molecule is Cc1cccccc2ccccccc1-2. The van der Waals surface area contributed by atoms with E-state index in [1.165, 1.54) is 16.7 Å².